The fourth-order valence-corrected chi connectivity index (χ4v) is 4.69. The van der Waals surface area contributed by atoms with Crippen LogP contribution in [0.15, 0.2) is 60.7 Å². The smallest absolute Gasteiger partial charge is 0.428 e. The van der Waals surface area contributed by atoms with E-state index in [0.717, 1.165) is 52.0 Å². The van der Waals surface area contributed by atoms with Crippen LogP contribution in [-0.4, -0.2) is 47.4 Å². The van der Waals surface area contributed by atoms with Crippen LogP contribution in [0, 0.1) is 6.92 Å². The van der Waals surface area contributed by atoms with Crippen LogP contribution in [0.4, 0.5) is 4.79 Å². The number of aromatic nitrogens is 2. The first-order valence-corrected chi connectivity index (χ1v) is 14.1. The van der Waals surface area contributed by atoms with Gasteiger partial charge in [0.15, 0.2) is 0 Å². The zero-order valence-electron chi connectivity index (χ0n) is 24.8. The quantitative estimate of drug-likeness (QED) is 0.136. The van der Waals surface area contributed by atoms with Crippen molar-refractivity contribution in [2.24, 2.45) is 0 Å². The molecule has 8 heteroatoms. The van der Waals surface area contributed by atoms with E-state index >= 15 is 0 Å². The number of rotatable bonds is 10. The predicted octanol–water partition coefficient (Wildman–Crippen LogP) is 6.28. The van der Waals surface area contributed by atoms with E-state index in [4.69, 9.17) is 14.5 Å². The number of carbonyl (C=O) groups is 2. The number of amides is 1. The minimum atomic E-state index is -0.734. The fraction of sp³-hybridized carbons (Fsp3) is 0.364. The second-order valence-electron chi connectivity index (χ2n) is 11.1. The molecule has 2 N–H and O–H groups in total. The predicted molar refractivity (Wildman–Crippen MR) is 163 cm³/mol. The van der Waals surface area contributed by atoms with Crippen molar-refractivity contribution in [3.63, 3.8) is 0 Å². The molecule has 0 saturated carbocycles. The summed E-state index contributed by atoms with van der Waals surface area (Å²) in [5.74, 6) is 1.35. The molecule has 8 nitrogen and oxygen atoms in total. The Labute approximate surface area is 242 Å². The number of fused-ring (bicyclic) bond motifs is 1. The van der Waals surface area contributed by atoms with Gasteiger partial charge in [-0.15, -0.1) is 0 Å². The van der Waals surface area contributed by atoms with Gasteiger partial charge in [0.2, 0.25) is 0 Å². The van der Waals surface area contributed by atoms with Gasteiger partial charge in [0, 0.05) is 37.2 Å². The SMILES string of the molecule is CCCc1nc2c(C)cc(C(=O)NCCNC)cc2n1Cc1ccc(-c2ccccc2OC(=O)OC(C)(C)C)cc1. The minimum Gasteiger partial charge on any atom is -0.428 e. The van der Waals surface area contributed by atoms with Gasteiger partial charge in [-0.3, -0.25) is 4.79 Å². The molecule has 0 spiro atoms. The van der Waals surface area contributed by atoms with E-state index in [1.165, 1.54) is 0 Å². The maximum absolute atomic E-state index is 12.8. The van der Waals surface area contributed by atoms with Gasteiger partial charge in [-0.25, -0.2) is 9.78 Å². The molecule has 0 radical (unpaired) electrons. The molecule has 1 aromatic heterocycles. The zero-order chi connectivity index (χ0) is 29.6. The van der Waals surface area contributed by atoms with Crippen LogP contribution < -0.4 is 15.4 Å². The lowest BCUT2D eigenvalue weighted by Gasteiger charge is -2.19. The summed E-state index contributed by atoms with van der Waals surface area (Å²) in [5.41, 5.74) is 5.66. The van der Waals surface area contributed by atoms with Crippen molar-refractivity contribution >= 4 is 23.1 Å². The summed E-state index contributed by atoms with van der Waals surface area (Å²) < 4.78 is 13.1. The Balaban J connectivity index is 1.62. The lowest BCUT2D eigenvalue weighted by molar-refractivity contribution is 0.0207. The molecule has 0 bridgehead atoms. The maximum atomic E-state index is 12.8. The van der Waals surface area contributed by atoms with E-state index in [1.807, 2.05) is 56.4 Å². The lowest BCUT2D eigenvalue weighted by atomic mass is 10.0. The summed E-state index contributed by atoms with van der Waals surface area (Å²) in [4.78, 5) is 30.1. The second kappa shape index (κ2) is 13.0. The topological polar surface area (TPSA) is 94.5 Å². The molecular formula is C33H40N4O4. The number of benzene rings is 3. The van der Waals surface area contributed by atoms with Crippen LogP contribution in [0.5, 0.6) is 5.75 Å². The number of nitrogens with zero attached hydrogens (tertiary/aromatic N) is 2. The number of hydrogen-bond donors (Lipinski definition) is 2. The van der Waals surface area contributed by atoms with Gasteiger partial charge in [0.05, 0.1) is 11.0 Å². The Morgan fingerprint density at radius 3 is 2.41 bits per heavy atom. The van der Waals surface area contributed by atoms with Gasteiger partial charge in [-0.2, -0.15) is 0 Å². The maximum Gasteiger partial charge on any atom is 0.514 e. The van der Waals surface area contributed by atoms with E-state index in [9.17, 15) is 9.59 Å². The van der Waals surface area contributed by atoms with Gasteiger partial charge in [0.1, 0.15) is 17.2 Å². The standard InChI is InChI=1S/C33H40N4O4/c1-7-10-29-36-30-22(2)19-25(31(38)35-18-17-34-6)20-27(30)37(29)21-23-13-15-24(16-14-23)26-11-8-9-12-28(26)40-32(39)41-33(3,4)5/h8-9,11-16,19-20,34H,7,10,17-18,21H2,1-6H3,(H,35,38). The zero-order valence-corrected chi connectivity index (χ0v) is 24.8. The highest BCUT2D eigenvalue weighted by atomic mass is 16.7. The molecule has 41 heavy (non-hydrogen) atoms. The van der Waals surface area contributed by atoms with Crippen molar-refractivity contribution < 1.29 is 19.1 Å². The molecule has 3 aromatic carbocycles. The highest BCUT2D eigenvalue weighted by Gasteiger charge is 2.20. The van der Waals surface area contributed by atoms with E-state index < -0.39 is 11.8 Å². The van der Waals surface area contributed by atoms with Crippen molar-refractivity contribution in [3.05, 3.63) is 83.2 Å². The van der Waals surface area contributed by atoms with E-state index in [0.29, 0.717) is 30.9 Å². The van der Waals surface area contributed by atoms with Crippen molar-refractivity contribution in [1.29, 1.82) is 0 Å². The van der Waals surface area contributed by atoms with Crippen molar-refractivity contribution in [1.82, 2.24) is 20.2 Å². The molecule has 4 aromatic rings. The van der Waals surface area contributed by atoms with Crippen LogP contribution in [0.25, 0.3) is 22.2 Å². The Morgan fingerprint density at radius 1 is 1.00 bits per heavy atom. The van der Waals surface area contributed by atoms with Crippen LogP contribution in [0.1, 0.15) is 61.4 Å². The molecule has 0 atom stereocenters. The number of likely N-dealkylation sites (N-methyl/N-ethyl adjacent to an activating group) is 1. The normalized spacial score (nSPS) is 11.5. The van der Waals surface area contributed by atoms with E-state index in [2.05, 4.69) is 34.3 Å². The first-order chi connectivity index (χ1) is 19.6. The summed E-state index contributed by atoms with van der Waals surface area (Å²) in [6, 6.07) is 19.5. The van der Waals surface area contributed by atoms with Crippen molar-refractivity contribution in [3.8, 4) is 16.9 Å². The lowest BCUT2D eigenvalue weighted by Crippen LogP contribution is -2.30. The third-order valence-electron chi connectivity index (χ3n) is 6.60. The minimum absolute atomic E-state index is 0.0911. The molecule has 0 aliphatic rings. The summed E-state index contributed by atoms with van der Waals surface area (Å²) >= 11 is 0. The van der Waals surface area contributed by atoms with Crippen LogP contribution in [0.2, 0.25) is 0 Å². The number of hydrogen-bond acceptors (Lipinski definition) is 6. The molecule has 0 unspecified atom stereocenters. The van der Waals surface area contributed by atoms with Crippen LogP contribution in [-0.2, 0) is 17.7 Å². The fourth-order valence-electron chi connectivity index (χ4n) is 4.69. The molecule has 4 rings (SSSR count). The number of imidazole rings is 1. The second-order valence-corrected chi connectivity index (χ2v) is 11.1. The number of carbonyl (C=O) groups excluding carboxylic acids is 2. The summed E-state index contributed by atoms with van der Waals surface area (Å²) in [6.45, 7) is 11.4. The third-order valence-corrected chi connectivity index (χ3v) is 6.60. The van der Waals surface area contributed by atoms with Gasteiger partial charge < -0.3 is 24.7 Å². The number of nitrogens with one attached hydrogen (secondary N) is 2. The molecular weight excluding hydrogens is 516 g/mol. The molecule has 216 valence electrons. The van der Waals surface area contributed by atoms with E-state index in [1.54, 1.807) is 26.8 Å². The van der Waals surface area contributed by atoms with Crippen molar-refractivity contribution in [2.75, 3.05) is 20.1 Å². The first kappa shape index (κ1) is 29.8. The number of para-hydroxylation sites is 1. The molecule has 0 aliphatic carbocycles. The highest BCUT2D eigenvalue weighted by molar-refractivity contribution is 5.98. The molecule has 1 amide bonds. The highest BCUT2D eigenvalue weighted by Crippen LogP contribution is 2.31. The average Bonchev–Trinajstić information content (AvgIpc) is 3.26. The number of ether oxygens (including phenoxy) is 2. The third kappa shape index (κ3) is 7.52. The monoisotopic (exact) mass is 556 g/mol. The van der Waals surface area contributed by atoms with Gasteiger partial charge in [-0.1, -0.05) is 49.4 Å². The van der Waals surface area contributed by atoms with Crippen LogP contribution >= 0.6 is 0 Å². The van der Waals surface area contributed by atoms with Crippen molar-refractivity contribution in [2.45, 2.75) is 59.6 Å². The van der Waals surface area contributed by atoms with Gasteiger partial charge in [0.25, 0.3) is 5.91 Å². The largest absolute Gasteiger partial charge is 0.514 e. The Kier molecular flexibility index (Phi) is 9.45. The average molecular weight is 557 g/mol. The number of aryl methyl sites for hydroxylation is 2. The van der Waals surface area contributed by atoms with Gasteiger partial charge in [-0.05, 0) is 76.1 Å². The van der Waals surface area contributed by atoms with E-state index in [-0.39, 0.29) is 5.91 Å². The molecule has 0 aliphatic heterocycles. The Hall–Kier alpha value is -4.17. The first-order valence-electron chi connectivity index (χ1n) is 14.1. The summed E-state index contributed by atoms with van der Waals surface area (Å²) in [5, 5.41) is 6.02. The van der Waals surface area contributed by atoms with Crippen LogP contribution in [0.3, 0.4) is 0 Å². The Bertz CT molecular complexity index is 1520. The summed E-state index contributed by atoms with van der Waals surface area (Å²) in [6.07, 6.45) is 1.07. The summed E-state index contributed by atoms with van der Waals surface area (Å²) in [7, 11) is 1.86. The molecule has 0 saturated heterocycles. The molecule has 1 heterocycles. The molecule has 0 fully saturated rings. The Morgan fingerprint density at radius 2 is 1.73 bits per heavy atom. The van der Waals surface area contributed by atoms with Gasteiger partial charge >= 0.3 is 6.16 Å².